The molecule has 0 aromatic carbocycles. The van der Waals surface area contributed by atoms with E-state index >= 15 is 0 Å². The second-order valence-corrected chi connectivity index (χ2v) is 9.88. The van der Waals surface area contributed by atoms with Gasteiger partial charge in [0.1, 0.15) is 0 Å². The van der Waals surface area contributed by atoms with E-state index in [-0.39, 0.29) is 0 Å². The van der Waals surface area contributed by atoms with E-state index in [0.717, 1.165) is 4.83 Å². The maximum atomic E-state index is 3.56. The molecule has 52 valence electrons. The Morgan fingerprint density at radius 1 is 1.56 bits per heavy atom. The van der Waals surface area contributed by atoms with E-state index < -0.39 is 8.07 Å². The first-order valence-corrected chi connectivity index (χ1v) is 7.84. The smallest absolute Gasteiger partial charge is 0.0686 e. The van der Waals surface area contributed by atoms with E-state index in [1.54, 1.807) is 5.57 Å². The van der Waals surface area contributed by atoms with Gasteiger partial charge < -0.3 is 0 Å². The minimum atomic E-state index is -0.892. The van der Waals surface area contributed by atoms with Crippen molar-refractivity contribution in [2.75, 3.05) is 0 Å². The van der Waals surface area contributed by atoms with Gasteiger partial charge in [0, 0.05) is 4.83 Å². The standard InChI is InChI=1S/C7H13BrSi/c1-9(2,3)5-6-4-7(6)8/h5,7H,4H2,1-3H3/b6-5+. The zero-order valence-corrected chi connectivity index (χ0v) is 8.83. The number of halogens is 1. The second kappa shape index (κ2) is 2.24. The van der Waals surface area contributed by atoms with Crippen LogP contribution in [-0.2, 0) is 0 Å². The minimum absolute atomic E-state index is 0.740. The SMILES string of the molecule is C[Si](C)(C)/C=C1\CC1Br. The van der Waals surface area contributed by atoms with Crippen LogP contribution in [0.2, 0.25) is 19.6 Å². The molecular formula is C7H13BrSi. The Balaban J connectivity index is 2.51. The molecule has 0 amide bonds. The van der Waals surface area contributed by atoms with Crippen LogP contribution in [0.4, 0.5) is 0 Å². The third-order valence-electron chi connectivity index (χ3n) is 1.28. The molecule has 0 aliphatic heterocycles. The van der Waals surface area contributed by atoms with Crippen molar-refractivity contribution >= 4 is 24.0 Å². The van der Waals surface area contributed by atoms with Crippen LogP contribution in [0.1, 0.15) is 6.42 Å². The molecule has 0 bridgehead atoms. The van der Waals surface area contributed by atoms with Crippen molar-refractivity contribution in [2.24, 2.45) is 0 Å². The van der Waals surface area contributed by atoms with Gasteiger partial charge in [-0.05, 0) is 6.42 Å². The van der Waals surface area contributed by atoms with E-state index in [1.807, 2.05) is 0 Å². The summed E-state index contributed by atoms with van der Waals surface area (Å²) in [7, 11) is -0.892. The number of allylic oxidation sites excluding steroid dienone is 1. The van der Waals surface area contributed by atoms with E-state index in [1.165, 1.54) is 6.42 Å². The Kier molecular flexibility index (Phi) is 1.88. The van der Waals surface area contributed by atoms with E-state index in [9.17, 15) is 0 Å². The molecule has 0 spiro atoms. The summed E-state index contributed by atoms with van der Waals surface area (Å²) in [5.41, 5.74) is 4.13. The average molecular weight is 205 g/mol. The fourth-order valence-corrected chi connectivity index (χ4v) is 3.03. The molecule has 1 fully saturated rings. The first-order chi connectivity index (χ1) is 3.99. The second-order valence-electron chi connectivity index (χ2n) is 3.76. The Morgan fingerprint density at radius 3 is 2.11 bits per heavy atom. The van der Waals surface area contributed by atoms with Gasteiger partial charge >= 0.3 is 0 Å². The molecule has 0 nitrogen and oxygen atoms in total. The fourth-order valence-electron chi connectivity index (χ4n) is 0.854. The van der Waals surface area contributed by atoms with Gasteiger partial charge in [0.25, 0.3) is 0 Å². The summed E-state index contributed by atoms with van der Waals surface area (Å²) < 4.78 is 0. The van der Waals surface area contributed by atoms with Crippen LogP contribution < -0.4 is 0 Å². The van der Waals surface area contributed by atoms with Gasteiger partial charge in [-0.25, -0.2) is 0 Å². The van der Waals surface area contributed by atoms with Crippen LogP contribution in [0, 0.1) is 0 Å². The van der Waals surface area contributed by atoms with Crippen molar-refractivity contribution in [3.05, 3.63) is 11.3 Å². The van der Waals surface area contributed by atoms with Crippen LogP contribution in [0.3, 0.4) is 0 Å². The normalized spacial score (nSPS) is 31.1. The van der Waals surface area contributed by atoms with E-state index in [2.05, 4.69) is 41.3 Å². The molecule has 1 atom stereocenters. The summed E-state index contributed by atoms with van der Waals surface area (Å²) in [6.07, 6.45) is 1.30. The predicted octanol–water partition coefficient (Wildman–Crippen LogP) is 2.96. The molecule has 0 saturated heterocycles. The van der Waals surface area contributed by atoms with Crippen LogP contribution in [-0.4, -0.2) is 12.9 Å². The lowest BCUT2D eigenvalue weighted by molar-refractivity contribution is 1.55. The van der Waals surface area contributed by atoms with Crippen molar-refractivity contribution < 1.29 is 0 Å². The predicted molar refractivity (Wildman–Crippen MR) is 48.8 cm³/mol. The Labute approximate surface area is 66.5 Å². The fraction of sp³-hybridized carbons (Fsp3) is 0.714. The van der Waals surface area contributed by atoms with Gasteiger partial charge in [-0.15, -0.1) is 0 Å². The molecular weight excluding hydrogens is 192 g/mol. The van der Waals surface area contributed by atoms with Gasteiger partial charge in [0.15, 0.2) is 0 Å². The van der Waals surface area contributed by atoms with Gasteiger partial charge in [-0.3, -0.25) is 0 Å². The largest absolute Gasteiger partial charge is 0.0946 e. The lowest BCUT2D eigenvalue weighted by Crippen LogP contribution is -2.15. The molecule has 9 heavy (non-hydrogen) atoms. The van der Waals surface area contributed by atoms with Crippen LogP contribution >= 0.6 is 15.9 Å². The Bertz CT molecular complexity index is 143. The third kappa shape index (κ3) is 2.67. The number of alkyl halides is 1. The first kappa shape index (κ1) is 7.54. The highest BCUT2D eigenvalue weighted by Gasteiger charge is 2.28. The molecule has 0 aromatic heterocycles. The summed E-state index contributed by atoms with van der Waals surface area (Å²) in [6, 6.07) is 0. The molecule has 1 saturated carbocycles. The first-order valence-electron chi connectivity index (χ1n) is 3.35. The molecule has 1 aliphatic rings. The van der Waals surface area contributed by atoms with Crippen molar-refractivity contribution in [2.45, 2.75) is 30.9 Å². The molecule has 0 N–H and O–H groups in total. The van der Waals surface area contributed by atoms with Crippen molar-refractivity contribution in [1.82, 2.24) is 0 Å². The zero-order chi connectivity index (χ0) is 7.07. The summed E-state index contributed by atoms with van der Waals surface area (Å²) in [4.78, 5) is 0.740. The highest BCUT2D eigenvalue weighted by Crippen LogP contribution is 2.37. The lowest BCUT2D eigenvalue weighted by atomic mass is 10.7. The number of hydrogen-bond acceptors (Lipinski definition) is 0. The molecule has 0 aromatic rings. The molecule has 2 heteroatoms. The van der Waals surface area contributed by atoms with Gasteiger partial charge in [-0.1, -0.05) is 46.8 Å². The highest BCUT2D eigenvalue weighted by molar-refractivity contribution is 9.09. The van der Waals surface area contributed by atoms with Gasteiger partial charge in [0.2, 0.25) is 0 Å². The topological polar surface area (TPSA) is 0 Å². The highest BCUT2D eigenvalue weighted by atomic mass is 79.9. The number of rotatable bonds is 1. The minimum Gasteiger partial charge on any atom is -0.0946 e. The van der Waals surface area contributed by atoms with E-state index in [4.69, 9.17) is 0 Å². The monoisotopic (exact) mass is 204 g/mol. The van der Waals surface area contributed by atoms with Crippen molar-refractivity contribution in [1.29, 1.82) is 0 Å². The van der Waals surface area contributed by atoms with Crippen molar-refractivity contribution in [3.63, 3.8) is 0 Å². The number of hydrogen-bond donors (Lipinski definition) is 0. The Hall–Kier alpha value is 0.437. The summed E-state index contributed by atoms with van der Waals surface area (Å²) in [6.45, 7) is 7.12. The zero-order valence-electron chi connectivity index (χ0n) is 6.24. The van der Waals surface area contributed by atoms with Crippen LogP contribution in [0.5, 0.6) is 0 Å². The summed E-state index contributed by atoms with van der Waals surface area (Å²) >= 11 is 3.56. The Morgan fingerprint density at radius 2 is 2.00 bits per heavy atom. The molecule has 1 aliphatic carbocycles. The molecule has 0 heterocycles. The van der Waals surface area contributed by atoms with Gasteiger partial charge in [-0.2, -0.15) is 0 Å². The maximum absolute atomic E-state index is 3.56. The summed E-state index contributed by atoms with van der Waals surface area (Å²) in [5, 5.41) is 0. The third-order valence-corrected chi connectivity index (χ3v) is 3.42. The molecule has 0 radical (unpaired) electrons. The maximum Gasteiger partial charge on any atom is 0.0686 e. The lowest BCUT2D eigenvalue weighted by Gasteiger charge is -2.06. The van der Waals surface area contributed by atoms with Gasteiger partial charge in [0.05, 0.1) is 8.07 Å². The summed E-state index contributed by atoms with van der Waals surface area (Å²) in [5.74, 6) is 0. The van der Waals surface area contributed by atoms with E-state index in [0.29, 0.717) is 0 Å². The van der Waals surface area contributed by atoms with Crippen LogP contribution in [0.25, 0.3) is 0 Å². The molecule has 1 rings (SSSR count). The molecule has 1 unspecified atom stereocenters. The average Bonchev–Trinajstić information content (AvgIpc) is 2.13. The van der Waals surface area contributed by atoms with Crippen molar-refractivity contribution in [3.8, 4) is 0 Å². The van der Waals surface area contributed by atoms with Crippen LogP contribution in [0.15, 0.2) is 11.3 Å². The quantitative estimate of drug-likeness (QED) is 0.456.